The number of hydrogen-bond donors (Lipinski definition) is 3. The molecular formula is C7H8CaO4. The Morgan fingerprint density at radius 1 is 1.33 bits per heavy atom. The third-order valence-electron chi connectivity index (χ3n) is 1.25. The van der Waals surface area contributed by atoms with Gasteiger partial charge in [-0.3, -0.25) is 0 Å². The van der Waals surface area contributed by atoms with E-state index in [2.05, 4.69) is 0 Å². The van der Waals surface area contributed by atoms with E-state index in [1.54, 1.807) is 0 Å². The normalized spacial score (nSPS) is 8.67. The van der Waals surface area contributed by atoms with Crippen molar-refractivity contribution in [1.29, 1.82) is 0 Å². The number of benzene rings is 1. The van der Waals surface area contributed by atoms with Gasteiger partial charge in [0.1, 0.15) is 5.56 Å². The van der Waals surface area contributed by atoms with Gasteiger partial charge >= 0.3 is 43.7 Å². The maximum absolute atomic E-state index is 10.3. The smallest absolute Gasteiger partial charge is 1.00 e. The second-order valence-corrected chi connectivity index (χ2v) is 1.98. The summed E-state index contributed by atoms with van der Waals surface area (Å²) in [6.45, 7) is 0. The first-order chi connectivity index (χ1) is 5.13. The summed E-state index contributed by atoms with van der Waals surface area (Å²) < 4.78 is 0. The van der Waals surface area contributed by atoms with E-state index < -0.39 is 17.5 Å². The molecule has 62 valence electrons. The first kappa shape index (κ1) is 11.5. The molecule has 0 aliphatic carbocycles. The van der Waals surface area contributed by atoms with Crippen LogP contribution >= 0.6 is 0 Å². The summed E-state index contributed by atoms with van der Waals surface area (Å²) in [5.74, 6) is -2.29. The van der Waals surface area contributed by atoms with Gasteiger partial charge in [0.2, 0.25) is 0 Å². The molecule has 0 aliphatic heterocycles. The molecule has 1 aromatic rings. The SMILES string of the molecule is O=C(O)c1cccc(O)c1O.[Ca+2].[H-].[H-]. The van der Waals surface area contributed by atoms with Gasteiger partial charge in [-0.2, -0.15) is 0 Å². The van der Waals surface area contributed by atoms with E-state index in [-0.39, 0.29) is 46.2 Å². The number of carboxylic acids is 1. The summed E-state index contributed by atoms with van der Waals surface area (Å²) in [6.07, 6.45) is 0. The molecule has 0 spiro atoms. The van der Waals surface area contributed by atoms with Gasteiger partial charge in [-0.05, 0) is 12.1 Å². The Bertz CT molecular complexity index is 306. The molecule has 12 heavy (non-hydrogen) atoms. The number of phenolic OH excluding ortho intramolecular Hbond substituents is 1. The zero-order valence-corrected chi connectivity index (χ0v) is 8.40. The van der Waals surface area contributed by atoms with Crippen LogP contribution in [0.2, 0.25) is 0 Å². The van der Waals surface area contributed by atoms with E-state index in [1.165, 1.54) is 18.2 Å². The van der Waals surface area contributed by atoms with E-state index in [0.29, 0.717) is 0 Å². The van der Waals surface area contributed by atoms with Gasteiger partial charge in [0, 0.05) is 0 Å². The number of aromatic hydroxyl groups is 2. The van der Waals surface area contributed by atoms with Gasteiger partial charge in [-0.25, -0.2) is 4.79 Å². The maximum Gasteiger partial charge on any atom is 2.00 e. The van der Waals surface area contributed by atoms with Crippen molar-refractivity contribution in [1.82, 2.24) is 0 Å². The molecule has 0 radical (unpaired) electrons. The van der Waals surface area contributed by atoms with Crippen LogP contribution in [0.15, 0.2) is 18.2 Å². The summed E-state index contributed by atoms with van der Waals surface area (Å²) in [5.41, 5.74) is -0.301. The molecule has 0 fully saturated rings. The standard InChI is InChI=1S/C7H6O4.Ca.2H/c8-5-3-1-2-4(6(5)9)7(10)11;;;/h1-3,8-9H,(H,10,11);;;/q;+2;2*-1. The Morgan fingerprint density at radius 2 is 1.92 bits per heavy atom. The summed E-state index contributed by atoms with van der Waals surface area (Å²) >= 11 is 0. The van der Waals surface area contributed by atoms with Crippen molar-refractivity contribution in [3.63, 3.8) is 0 Å². The molecule has 1 aromatic carbocycles. The predicted molar refractivity (Wildman–Crippen MR) is 44.7 cm³/mol. The molecule has 0 unspecified atom stereocenters. The minimum absolute atomic E-state index is 0. The number of para-hydroxylation sites is 1. The fourth-order valence-corrected chi connectivity index (χ4v) is 0.704. The molecule has 0 saturated heterocycles. The quantitative estimate of drug-likeness (QED) is 0.455. The van der Waals surface area contributed by atoms with Crippen LogP contribution in [0, 0.1) is 0 Å². The van der Waals surface area contributed by atoms with E-state index in [4.69, 9.17) is 15.3 Å². The minimum Gasteiger partial charge on any atom is -1.00 e. The van der Waals surface area contributed by atoms with Crippen molar-refractivity contribution in [2.24, 2.45) is 0 Å². The molecule has 0 aromatic heterocycles. The fraction of sp³-hybridized carbons (Fsp3) is 0. The monoisotopic (exact) mass is 196 g/mol. The molecule has 0 heterocycles. The fourth-order valence-electron chi connectivity index (χ4n) is 0.704. The van der Waals surface area contributed by atoms with E-state index >= 15 is 0 Å². The number of hydrogen-bond acceptors (Lipinski definition) is 3. The van der Waals surface area contributed by atoms with Crippen LogP contribution in [-0.4, -0.2) is 59.0 Å². The predicted octanol–water partition coefficient (Wildman–Crippen LogP) is 0.640. The number of aromatic carboxylic acids is 1. The van der Waals surface area contributed by atoms with E-state index in [9.17, 15) is 4.79 Å². The summed E-state index contributed by atoms with van der Waals surface area (Å²) in [7, 11) is 0. The van der Waals surface area contributed by atoms with Crippen LogP contribution < -0.4 is 0 Å². The number of carbonyl (C=O) groups is 1. The number of rotatable bonds is 1. The van der Waals surface area contributed by atoms with Gasteiger partial charge in [-0.15, -0.1) is 0 Å². The van der Waals surface area contributed by atoms with E-state index in [0.717, 1.165) is 0 Å². The summed E-state index contributed by atoms with van der Waals surface area (Å²) in [5, 5.41) is 26.2. The average Bonchev–Trinajstić information content (AvgIpc) is 1.94. The average molecular weight is 196 g/mol. The third-order valence-corrected chi connectivity index (χ3v) is 1.25. The van der Waals surface area contributed by atoms with Crippen molar-refractivity contribution >= 4 is 43.7 Å². The molecule has 0 bridgehead atoms. The van der Waals surface area contributed by atoms with Gasteiger partial charge in [0.15, 0.2) is 11.5 Å². The van der Waals surface area contributed by atoms with Crippen LogP contribution in [-0.2, 0) is 0 Å². The second-order valence-electron chi connectivity index (χ2n) is 1.98. The number of carboxylic acid groups (broad SMARTS) is 1. The second kappa shape index (κ2) is 4.54. The van der Waals surface area contributed by atoms with Gasteiger partial charge < -0.3 is 18.2 Å². The van der Waals surface area contributed by atoms with Gasteiger partial charge in [-0.1, -0.05) is 6.07 Å². The largest absolute Gasteiger partial charge is 2.00 e. The van der Waals surface area contributed by atoms with E-state index in [1.807, 2.05) is 0 Å². The molecule has 0 aliphatic rings. The molecule has 1 rings (SSSR count). The Morgan fingerprint density at radius 3 is 2.33 bits per heavy atom. The maximum atomic E-state index is 10.3. The van der Waals surface area contributed by atoms with Crippen LogP contribution in [0.5, 0.6) is 11.5 Å². The van der Waals surface area contributed by atoms with Gasteiger partial charge in [0.25, 0.3) is 0 Å². The van der Waals surface area contributed by atoms with Crippen LogP contribution in [0.3, 0.4) is 0 Å². The minimum atomic E-state index is -1.27. The summed E-state index contributed by atoms with van der Waals surface area (Å²) in [6, 6.07) is 3.76. The number of phenols is 2. The van der Waals surface area contributed by atoms with Crippen molar-refractivity contribution in [3.05, 3.63) is 23.8 Å². The zero-order valence-electron chi connectivity index (χ0n) is 8.19. The first-order valence-corrected chi connectivity index (χ1v) is 2.87. The topological polar surface area (TPSA) is 77.8 Å². The summed E-state index contributed by atoms with van der Waals surface area (Å²) in [4.78, 5) is 10.3. The first-order valence-electron chi connectivity index (χ1n) is 2.87. The molecule has 0 saturated carbocycles. The Balaban J connectivity index is -0.000000403. The molecule has 5 heteroatoms. The van der Waals surface area contributed by atoms with Crippen LogP contribution in [0.1, 0.15) is 13.2 Å². The van der Waals surface area contributed by atoms with Crippen LogP contribution in [0.4, 0.5) is 0 Å². The van der Waals surface area contributed by atoms with Crippen LogP contribution in [0.25, 0.3) is 0 Å². The molecular weight excluding hydrogens is 188 g/mol. The van der Waals surface area contributed by atoms with Crippen molar-refractivity contribution < 1.29 is 23.0 Å². The third kappa shape index (κ3) is 2.27. The zero-order chi connectivity index (χ0) is 8.43. The molecule has 3 N–H and O–H groups in total. The van der Waals surface area contributed by atoms with Crippen molar-refractivity contribution in [2.75, 3.05) is 0 Å². The Kier molecular flexibility index (Phi) is 4.37. The molecule has 0 amide bonds. The Labute approximate surface area is 101 Å². The Hall–Kier alpha value is -0.450. The molecule has 4 nitrogen and oxygen atoms in total. The van der Waals surface area contributed by atoms with Crippen molar-refractivity contribution in [3.8, 4) is 11.5 Å². The van der Waals surface area contributed by atoms with Crippen molar-refractivity contribution in [2.45, 2.75) is 0 Å². The van der Waals surface area contributed by atoms with Gasteiger partial charge in [0.05, 0.1) is 0 Å². The molecule has 0 atom stereocenters.